The van der Waals surface area contributed by atoms with Gasteiger partial charge in [0.2, 0.25) is 0 Å². The van der Waals surface area contributed by atoms with Crippen molar-refractivity contribution >= 4 is 43.6 Å². The topological polar surface area (TPSA) is 57.4 Å². The van der Waals surface area contributed by atoms with Crippen molar-refractivity contribution in [1.82, 2.24) is 9.13 Å². The van der Waals surface area contributed by atoms with Gasteiger partial charge in [-0.25, -0.2) is 0 Å². The lowest BCUT2D eigenvalue weighted by Gasteiger charge is -2.21. The van der Waals surface area contributed by atoms with Gasteiger partial charge in [-0.15, -0.1) is 0 Å². The molecule has 0 spiro atoms. The van der Waals surface area contributed by atoms with Gasteiger partial charge in [0.25, 0.3) is 0 Å². The van der Waals surface area contributed by atoms with Crippen LogP contribution in [-0.4, -0.2) is 9.13 Å². The van der Waals surface area contributed by atoms with Gasteiger partial charge in [-0.3, -0.25) is 0 Å². The summed E-state index contributed by atoms with van der Waals surface area (Å²) in [7, 11) is 0. The van der Waals surface area contributed by atoms with Crippen LogP contribution in [0.25, 0.3) is 77.2 Å². The molecule has 2 aliphatic carbocycles. The van der Waals surface area contributed by atoms with Gasteiger partial charge in [-0.2, -0.15) is 10.5 Å². The zero-order valence-corrected chi connectivity index (χ0v) is 30.5. The molecule has 2 aliphatic rings. The molecule has 54 heavy (non-hydrogen) atoms. The van der Waals surface area contributed by atoms with Crippen LogP contribution >= 0.6 is 0 Å². The minimum absolute atomic E-state index is 0.134. The van der Waals surface area contributed by atoms with Crippen molar-refractivity contribution in [2.45, 2.75) is 38.5 Å². The number of aromatic nitrogens is 2. The Hall–Kier alpha value is -6.88. The number of rotatable bonds is 2. The molecule has 0 N–H and O–H groups in total. The number of nitrogens with zero attached hydrogens (tertiary/aromatic N) is 4. The molecule has 4 nitrogen and oxygen atoms in total. The number of hydrogen-bond donors (Lipinski definition) is 0. The maximum Gasteiger partial charge on any atom is 0.103 e. The Bertz CT molecular complexity index is 3240. The van der Waals surface area contributed by atoms with E-state index >= 15 is 0 Å². The molecule has 0 unspecified atom stereocenters. The van der Waals surface area contributed by atoms with Crippen LogP contribution in [0.3, 0.4) is 0 Å². The molecular formula is C50H34N4. The quantitative estimate of drug-likeness (QED) is 0.181. The zero-order valence-electron chi connectivity index (χ0n) is 30.5. The minimum atomic E-state index is -0.151. The first-order valence-electron chi connectivity index (χ1n) is 18.6. The normalized spacial score (nSPS) is 14.6. The first kappa shape index (κ1) is 30.7. The van der Waals surface area contributed by atoms with Crippen LogP contribution in [0, 0.1) is 22.7 Å². The number of fused-ring (bicyclic) bond motifs is 14. The summed E-state index contributed by atoms with van der Waals surface area (Å²) in [6.07, 6.45) is 0. The lowest BCUT2D eigenvalue weighted by Crippen LogP contribution is -2.14. The van der Waals surface area contributed by atoms with E-state index in [2.05, 4.69) is 176 Å². The predicted molar refractivity (Wildman–Crippen MR) is 220 cm³/mol. The highest BCUT2D eigenvalue weighted by Crippen LogP contribution is 2.55. The molecule has 0 aliphatic heterocycles. The highest BCUT2D eigenvalue weighted by atomic mass is 15.0. The molecular weight excluding hydrogens is 657 g/mol. The van der Waals surface area contributed by atoms with Crippen molar-refractivity contribution in [1.29, 1.82) is 10.5 Å². The van der Waals surface area contributed by atoms with Gasteiger partial charge in [0.05, 0.1) is 38.9 Å². The van der Waals surface area contributed by atoms with Gasteiger partial charge in [0, 0.05) is 38.1 Å². The molecule has 7 aromatic carbocycles. The van der Waals surface area contributed by atoms with Gasteiger partial charge >= 0.3 is 0 Å². The van der Waals surface area contributed by atoms with Crippen molar-refractivity contribution in [3.05, 3.63) is 167 Å². The van der Waals surface area contributed by atoms with Gasteiger partial charge in [-0.05, 0) is 80.9 Å². The maximum absolute atomic E-state index is 10.8. The summed E-state index contributed by atoms with van der Waals surface area (Å²) in [4.78, 5) is 0. The summed E-state index contributed by atoms with van der Waals surface area (Å²) in [5, 5.41) is 26.2. The van der Waals surface area contributed by atoms with Crippen molar-refractivity contribution in [2.24, 2.45) is 0 Å². The molecule has 11 rings (SSSR count). The van der Waals surface area contributed by atoms with Crippen LogP contribution in [0.2, 0.25) is 0 Å². The fraction of sp³-hybridized carbons (Fsp3) is 0.120. The van der Waals surface area contributed by atoms with E-state index in [0.717, 1.165) is 38.5 Å². The third kappa shape index (κ3) is 3.65. The fourth-order valence-corrected chi connectivity index (χ4v) is 10.2. The Morgan fingerprint density at radius 1 is 0.463 bits per heavy atom. The van der Waals surface area contributed by atoms with E-state index in [1.165, 1.54) is 55.3 Å². The molecule has 0 saturated carbocycles. The maximum atomic E-state index is 10.8. The third-order valence-corrected chi connectivity index (χ3v) is 12.6. The minimum Gasteiger partial charge on any atom is -0.309 e. The van der Waals surface area contributed by atoms with E-state index in [9.17, 15) is 10.5 Å². The Kier molecular flexibility index (Phi) is 5.90. The first-order chi connectivity index (χ1) is 26.3. The number of para-hydroxylation sites is 2. The third-order valence-electron chi connectivity index (χ3n) is 12.6. The zero-order chi connectivity index (χ0) is 36.7. The lowest BCUT2D eigenvalue weighted by molar-refractivity contribution is 0.660. The lowest BCUT2D eigenvalue weighted by atomic mass is 9.82. The van der Waals surface area contributed by atoms with E-state index in [0.29, 0.717) is 16.8 Å². The highest BCUT2D eigenvalue weighted by molar-refractivity contribution is 6.19. The van der Waals surface area contributed by atoms with Crippen molar-refractivity contribution in [2.75, 3.05) is 0 Å². The van der Waals surface area contributed by atoms with Crippen LogP contribution in [0.5, 0.6) is 0 Å². The fourth-order valence-electron chi connectivity index (χ4n) is 10.2. The van der Waals surface area contributed by atoms with Gasteiger partial charge in [0.1, 0.15) is 12.1 Å². The van der Waals surface area contributed by atoms with Crippen molar-refractivity contribution in [3.8, 4) is 45.8 Å². The number of nitriles is 2. The summed E-state index contributed by atoms with van der Waals surface area (Å²) in [5.74, 6) is 0. The Labute approximate surface area is 313 Å². The Balaban J connectivity index is 1.26. The Morgan fingerprint density at radius 2 is 0.944 bits per heavy atom. The second-order valence-corrected chi connectivity index (χ2v) is 15.9. The van der Waals surface area contributed by atoms with Crippen LogP contribution < -0.4 is 0 Å². The molecule has 0 radical (unpaired) electrons. The Morgan fingerprint density at radius 3 is 1.48 bits per heavy atom. The second-order valence-electron chi connectivity index (χ2n) is 15.9. The first-order valence-corrected chi connectivity index (χ1v) is 18.6. The molecule has 2 aromatic heterocycles. The van der Waals surface area contributed by atoms with Crippen LogP contribution in [-0.2, 0) is 10.8 Å². The average Bonchev–Trinajstić information content (AvgIpc) is 3.86. The van der Waals surface area contributed by atoms with E-state index in [1.54, 1.807) is 0 Å². The SMILES string of the molecule is CC1(C)c2ccccc2-c2c1ccc1c2c2ccccc2n1-c1cc(C#N)c(C#N)c(-n2c3ccccc3c3c4c(ccc32)C(C)(C)c2ccccc2-4)c1. The van der Waals surface area contributed by atoms with Crippen LogP contribution in [0.1, 0.15) is 61.1 Å². The molecule has 0 atom stereocenters. The van der Waals surface area contributed by atoms with Gasteiger partial charge < -0.3 is 9.13 Å². The van der Waals surface area contributed by atoms with Crippen LogP contribution in [0.15, 0.2) is 133 Å². The molecule has 4 heteroatoms. The standard InChI is InChI=1S/C50H34N4/c1-49(2)36-17-9-5-13-31(36)45-38(49)21-23-42-47(45)33-15-7-11-19-40(33)53(42)30-25-29(27-51)35(28-52)44(26-30)54-41-20-12-8-16-34(41)48-43(54)24-22-39-46(48)32-14-6-10-18-37(32)50(39,3)4/h5-26H,1-4H3. The van der Waals surface area contributed by atoms with E-state index in [-0.39, 0.29) is 10.8 Å². The molecule has 0 fully saturated rings. The molecule has 0 bridgehead atoms. The summed E-state index contributed by atoms with van der Waals surface area (Å²) in [5.41, 5.74) is 16.4. The smallest absolute Gasteiger partial charge is 0.103 e. The average molecular weight is 691 g/mol. The molecule has 0 amide bonds. The predicted octanol–water partition coefficient (Wildman–Crippen LogP) is 12.2. The van der Waals surface area contributed by atoms with Crippen LogP contribution in [0.4, 0.5) is 0 Å². The monoisotopic (exact) mass is 690 g/mol. The number of hydrogen-bond acceptors (Lipinski definition) is 2. The van der Waals surface area contributed by atoms with Gasteiger partial charge in [-0.1, -0.05) is 125 Å². The second kappa shape index (κ2) is 10.4. The number of benzene rings is 7. The van der Waals surface area contributed by atoms with E-state index in [1.807, 2.05) is 6.07 Å². The summed E-state index contributed by atoms with van der Waals surface area (Å²) in [6.45, 7) is 9.24. The van der Waals surface area contributed by atoms with Crippen molar-refractivity contribution in [3.63, 3.8) is 0 Å². The molecule has 9 aromatic rings. The van der Waals surface area contributed by atoms with Crippen molar-refractivity contribution < 1.29 is 0 Å². The molecule has 254 valence electrons. The summed E-state index contributed by atoms with van der Waals surface area (Å²) >= 11 is 0. The highest BCUT2D eigenvalue weighted by Gasteiger charge is 2.39. The summed E-state index contributed by atoms with van der Waals surface area (Å²) in [6, 6.07) is 52.5. The summed E-state index contributed by atoms with van der Waals surface area (Å²) < 4.78 is 4.50. The van der Waals surface area contributed by atoms with E-state index < -0.39 is 0 Å². The largest absolute Gasteiger partial charge is 0.309 e. The van der Waals surface area contributed by atoms with E-state index in [4.69, 9.17) is 0 Å². The molecule has 2 heterocycles. The van der Waals surface area contributed by atoms with Gasteiger partial charge in [0.15, 0.2) is 0 Å². The molecule has 0 saturated heterocycles.